The second-order valence-electron chi connectivity index (χ2n) is 5.15. The van der Waals surface area contributed by atoms with Gasteiger partial charge in [-0.25, -0.2) is 0 Å². The van der Waals surface area contributed by atoms with Crippen molar-refractivity contribution in [1.82, 2.24) is 15.1 Å². The van der Waals surface area contributed by atoms with Gasteiger partial charge < -0.3 is 14.4 Å². The lowest BCUT2D eigenvalue weighted by atomic mass is 10.2. The van der Waals surface area contributed by atoms with Gasteiger partial charge in [-0.15, -0.1) is 0 Å². The van der Waals surface area contributed by atoms with Gasteiger partial charge in [-0.3, -0.25) is 9.89 Å². The van der Waals surface area contributed by atoms with Crippen LogP contribution in [-0.4, -0.2) is 41.3 Å². The van der Waals surface area contributed by atoms with E-state index in [9.17, 15) is 4.79 Å². The molecule has 3 rings (SSSR count). The maximum absolute atomic E-state index is 12.4. The molecule has 0 unspecified atom stereocenters. The van der Waals surface area contributed by atoms with Crippen LogP contribution in [-0.2, 0) is 6.54 Å². The maximum atomic E-state index is 12.4. The van der Waals surface area contributed by atoms with E-state index in [1.807, 2.05) is 25.1 Å². The second kappa shape index (κ2) is 6.00. The number of hydrogen-bond acceptors (Lipinski definition) is 4. The van der Waals surface area contributed by atoms with Crippen LogP contribution >= 0.6 is 15.9 Å². The molecule has 2 heterocycles. The number of nitrogens with one attached hydrogen (secondary N) is 1. The van der Waals surface area contributed by atoms with Crippen LogP contribution in [0.4, 0.5) is 0 Å². The van der Waals surface area contributed by atoms with Gasteiger partial charge in [0, 0.05) is 19.3 Å². The Bertz CT molecular complexity index is 714. The molecule has 1 aliphatic rings. The van der Waals surface area contributed by atoms with E-state index >= 15 is 0 Å². The van der Waals surface area contributed by atoms with Crippen LogP contribution in [0.25, 0.3) is 0 Å². The van der Waals surface area contributed by atoms with Gasteiger partial charge in [-0.1, -0.05) is 6.07 Å². The third-order valence-electron chi connectivity index (χ3n) is 3.45. The molecule has 116 valence electrons. The fourth-order valence-corrected chi connectivity index (χ4v) is 2.62. The molecule has 0 aliphatic carbocycles. The smallest absolute Gasteiger partial charge is 0.275 e. The average molecular weight is 366 g/mol. The second-order valence-corrected chi connectivity index (χ2v) is 5.94. The van der Waals surface area contributed by atoms with Crippen molar-refractivity contribution in [3.05, 3.63) is 39.6 Å². The van der Waals surface area contributed by atoms with Crippen molar-refractivity contribution in [2.75, 3.05) is 20.3 Å². The van der Waals surface area contributed by atoms with E-state index in [2.05, 4.69) is 26.1 Å². The number of hydrogen-bond donors (Lipinski definition) is 1. The number of rotatable bonds is 3. The summed E-state index contributed by atoms with van der Waals surface area (Å²) in [5.74, 6) is 1.32. The molecule has 1 aliphatic heterocycles. The van der Waals surface area contributed by atoms with Crippen molar-refractivity contribution in [3.8, 4) is 11.5 Å². The van der Waals surface area contributed by atoms with Crippen LogP contribution in [0.1, 0.15) is 21.7 Å². The molecule has 0 radical (unpaired) electrons. The summed E-state index contributed by atoms with van der Waals surface area (Å²) >= 11 is 3.38. The molecule has 1 N–H and O–H groups in total. The first-order chi connectivity index (χ1) is 10.6. The average Bonchev–Trinajstić information content (AvgIpc) is 2.86. The summed E-state index contributed by atoms with van der Waals surface area (Å²) < 4.78 is 11.8. The topological polar surface area (TPSA) is 67.5 Å². The van der Waals surface area contributed by atoms with Crippen LogP contribution in [0.15, 0.2) is 22.7 Å². The van der Waals surface area contributed by atoms with Gasteiger partial charge in [-0.05, 0) is 40.5 Å². The number of aryl methyl sites for hydroxylation is 1. The van der Waals surface area contributed by atoms with Crippen LogP contribution in [0.3, 0.4) is 0 Å². The Balaban J connectivity index is 1.75. The Kier molecular flexibility index (Phi) is 4.06. The molecular weight excluding hydrogens is 350 g/mol. The number of benzene rings is 1. The normalized spacial score (nSPS) is 13.0. The Morgan fingerprint density at radius 3 is 2.77 bits per heavy atom. The fraction of sp³-hybridized carbons (Fsp3) is 0.333. The highest BCUT2D eigenvalue weighted by Gasteiger charge is 2.20. The molecular formula is C15H16BrN3O3. The summed E-state index contributed by atoms with van der Waals surface area (Å²) in [4.78, 5) is 14.0. The highest BCUT2D eigenvalue weighted by Crippen LogP contribution is 2.31. The lowest BCUT2D eigenvalue weighted by Crippen LogP contribution is -2.27. The molecule has 0 spiro atoms. The third kappa shape index (κ3) is 2.81. The highest BCUT2D eigenvalue weighted by molar-refractivity contribution is 9.10. The molecule has 0 saturated heterocycles. The summed E-state index contributed by atoms with van der Waals surface area (Å²) in [6.07, 6.45) is 0. The van der Waals surface area contributed by atoms with E-state index in [-0.39, 0.29) is 5.91 Å². The molecule has 2 aromatic rings. The zero-order valence-corrected chi connectivity index (χ0v) is 13.9. The quantitative estimate of drug-likeness (QED) is 0.907. The van der Waals surface area contributed by atoms with E-state index in [0.717, 1.165) is 22.8 Å². The Morgan fingerprint density at radius 1 is 1.36 bits per heavy atom. The number of carbonyl (C=O) groups is 1. The highest BCUT2D eigenvalue weighted by atomic mass is 79.9. The molecule has 0 atom stereocenters. The predicted octanol–water partition coefficient (Wildman–Crippen LogP) is 2.52. The van der Waals surface area contributed by atoms with E-state index in [4.69, 9.17) is 9.47 Å². The van der Waals surface area contributed by atoms with E-state index in [0.29, 0.717) is 29.9 Å². The molecule has 6 nitrogen and oxygen atoms in total. The molecule has 22 heavy (non-hydrogen) atoms. The zero-order valence-electron chi connectivity index (χ0n) is 12.4. The summed E-state index contributed by atoms with van der Waals surface area (Å²) in [7, 11) is 1.75. The lowest BCUT2D eigenvalue weighted by Gasteiger charge is -2.21. The van der Waals surface area contributed by atoms with E-state index in [1.54, 1.807) is 11.9 Å². The Labute approximate surface area is 136 Å². The van der Waals surface area contributed by atoms with Gasteiger partial charge in [0.15, 0.2) is 17.2 Å². The number of halogens is 1. The van der Waals surface area contributed by atoms with Gasteiger partial charge in [0.05, 0.1) is 4.47 Å². The lowest BCUT2D eigenvalue weighted by molar-refractivity contribution is 0.0778. The fourth-order valence-electron chi connectivity index (χ4n) is 2.27. The first-order valence-corrected chi connectivity index (χ1v) is 7.70. The van der Waals surface area contributed by atoms with Crippen molar-refractivity contribution in [3.63, 3.8) is 0 Å². The number of aromatic nitrogens is 2. The largest absolute Gasteiger partial charge is 0.486 e. The summed E-state index contributed by atoms with van der Waals surface area (Å²) in [6, 6.07) is 5.71. The molecule has 0 fully saturated rings. The maximum Gasteiger partial charge on any atom is 0.275 e. The van der Waals surface area contributed by atoms with Crippen LogP contribution in [0.5, 0.6) is 11.5 Å². The molecule has 1 amide bonds. The number of H-pyrrole nitrogens is 1. The Morgan fingerprint density at radius 2 is 2.09 bits per heavy atom. The first-order valence-electron chi connectivity index (χ1n) is 6.90. The van der Waals surface area contributed by atoms with Crippen LogP contribution in [0.2, 0.25) is 0 Å². The number of nitrogens with zero attached hydrogens (tertiary/aromatic N) is 2. The molecule has 1 aromatic carbocycles. The third-order valence-corrected chi connectivity index (χ3v) is 4.42. The van der Waals surface area contributed by atoms with Crippen LogP contribution < -0.4 is 9.47 Å². The van der Waals surface area contributed by atoms with Gasteiger partial charge in [0.2, 0.25) is 0 Å². The number of aromatic amines is 1. The SMILES string of the molecule is Cc1[nH]nc(C(=O)N(C)Cc2ccc3c(c2)OCCO3)c1Br. The van der Waals surface area contributed by atoms with Crippen molar-refractivity contribution < 1.29 is 14.3 Å². The van der Waals surface area contributed by atoms with Gasteiger partial charge in [-0.2, -0.15) is 5.10 Å². The molecule has 1 aromatic heterocycles. The van der Waals surface area contributed by atoms with Crippen LogP contribution in [0, 0.1) is 6.92 Å². The van der Waals surface area contributed by atoms with Crippen molar-refractivity contribution >= 4 is 21.8 Å². The molecule has 7 heteroatoms. The first kappa shape index (κ1) is 14.9. The minimum atomic E-state index is -0.147. The summed E-state index contributed by atoms with van der Waals surface area (Å²) in [5, 5.41) is 6.84. The minimum Gasteiger partial charge on any atom is -0.486 e. The van der Waals surface area contributed by atoms with Gasteiger partial charge in [0.25, 0.3) is 5.91 Å². The van der Waals surface area contributed by atoms with Gasteiger partial charge >= 0.3 is 0 Å². The minimum absolute atomic E-state index is 0.147. The standard InChI is InChI=1S/C15H16BrN3O3/c1-9-13(16)14(18-17-9)15(20)19(2)8-10-3-4-11-12(7-10)22-6-5-21-11/h3-4,7H,5-6,8H2,1-2H3,(H,17,18). The van der Waals surface area contributed by atoms with Gasteiger partial charge in [0.1, 0.15) is 13.2 Å². The molecule has 0 saturated carbocycles. The van der Waals surface area contributed by atoms with E-state index < -0.39 is 0 Å². The molecule has 0 bridgehead atoms. The van der Waals surface area contributed by atoms with Crippen molar-refractivity contribution in [2.45, 2.75) is 13.5 Å². The zero-order chi connectivity index (χ0) is 15.7. The monoisotopic (exact) mass is 365 g/mol. The summed E-state index contributed by atoms with van der Waals surface area (Å²) in [6.45, 7) is 3.44. The Hall–Kier alpha value is -2.02. The van der Waals surface area contributed by atoms with E-state index in [1.165, 1.54) is 0 Å². The van der Waals surface area contributed by atoms with Crippen molar-refractivity contribution in [2.24, 2.45) is 0 Å². The summed E-state index contributed by atoms with van der Waals surface area (Å²) in [5.41, 5.74) is 2.19. The number of carbonyl (C=O) groups excluding carboxylic acids is 1. The number of ether oxygens (including phenoxy) is 2. The number of fused-ring (bicyclic) bond motifs is 1. The number of amides is 1. The predicted molar refractivity (Wildman–Crippen MR) is 84.3 cm³/mol. The van der Waals surface area contributed by atoms with Crippen molar-refractivity contribution in [1.29, 1.82) is 0 Å².